The van der Waals surface area contributed by atoms with Crippen LogP contribution in [0.15, 0.2) is 76.1 Å². The molecule has 0 bridgehead atoms. The molecule has 7 nitrogen and oxygen atoms in total. The molecule has 3 aromatic carbocycles. The van der Waals surface area contributed by atoms with Crippen LogP contribution in [0.4, 0.5) is 0 Å². The molecule has 4 aromatic rings. The van der Waals surface area contributed by atoms with Gasteiger partial charge in [-0.3, -0.25) is 9.59 Å². The van der Waals surface area contributed by atoms with Crippen LogP contribution in [0.5, 0.6) is 17.2 Å². The van der Waals surface area contributed by atoms with Gasteiger partial charge >= 0.3 is 5.97 Å². The Morgan fingerprint density at radius 3 is 2.23 bits per heavy atom. The van der Waals surface area contributed by atoms with Crippen LogP contribution in [0.1, 0.15) is 23.5 Å². The predicted octanol–water partition coefficient (Wildman–Crippen LogP) is 5.18. The van der Waals surface area contributed by atoms with Gasteiger partial charge in [-0.1, -0.05) is 30.3 Å². The number of carbonyl (C=O) groups excluding carboxylic acids is 1. The van der Waals surface area contributed by atoms with Crippen molar-refractivity contribution in [1.82, 2.24) is 0 Å². The van der Waals surface area contributed by atoms with Crippen LogP contribution >= 0.6 is 0 Å². The first-order valence-corrected chi connectivity index (χ1v) is 11.0. The lowest BCUT2D eigenvalue weighted by atomic mass is 9.86. The number of ether oxygens (including phenoxy) is 4. The van der Waals surface area contributed by atoms with Crippen molar-refractivity contribution in [2.45, 2.75) is 12.3 Å². The summed E-state index contributed by atoms with van der Waals surface area (Å²) < 4.78 is 27.5. The van der Waals surface area contributed by atoms with E-state index >= 15 is 0 Å². The highest BCUT2D eigenvalue weighted by Crippen LogP contribution is 2.42. The second kappa shape index (κ2) is 10.3. The van der Waals surface area contributed by atoms with E-state index in [9.17, 15) is 9.59 Å². The summed E-state index contributed by atoms with van der Waals surface area (Å²) in [4.78, 5) is 26.0. The number of para-hydroxylation sites is 1. The second-order valence-corrected chi connectivity index (χ2v) is 7.84. The molecule has 0 saturated heterocycles. The van der Waals surface area contributed by atoms with E-state index in [1.165, 1.54) is 20.5 Å². The molecular weight excluding hydrogens is 448 g/mol. The van der Waals surface area contributed by atoms with Crippen LogP contribution in [-0.2, 0) is 9.53 Å². The number of methoxy groups -OCH3 is 4. The van der Waals surface area contributed by atoms with Gasteiger partial charge in [-0.15, -0.1) is 0 Å². The van der Waals surface area contributed by atoms with Gasteiger partial charge in [0.15, 0.2) is 0 Å². The molecule has 180 valence electrons. The number of esters is 1. The van der Waals surface area contributed by atoms with Gasteiger partial charge in [-0.2, -0.15) is 0 Å². The molecule has 4 rings (SSSR count). The highest BCUT2D eigenvalue weighted by molar-refractivity contribution is 5.87. The third kappa shape index (κ3) is 4.57. The van der Waals surface area contributed by atoms with Crippen LogP contribution in [0.2, 0.25) is 0 Å². The number of hydrogen-bond donors (Lipinski definition) is 0. The molecule has 7 heteroatoms. The maximum atomic E-state index is 13.5. The molecule has 0 N–H and O–H groups in total. The van der Waals surface area contributed by atoms with Gasteiger partial charge in [0.2, 0.25) is 5.43 Å². The maximum absolute atomic E-state index is 13.5. The lowest BCUT2D eigenvalue weighted by Crippen LogP contribution is -2.14. The number of carbonyl (C=O) groups is 1. The number of benzene rings is 3. The van der Waals surface area contributed by atoms with Crippen LogP contribution in [0.25, 0.3) is 22.1 Å². The Morgan fingerprint density at radius 1 is 0.857 bits per heavy atom. The third-order valence-corrected chi connectivity index (χ3v) is 6.02. The van der Waals surface area contributed by atoms with E-state index in [1.54, 1.807) is 50.6 Å². The summed E-state index contributed by atoms with van der Waals surface area (Å²) in [7, 11) is 6.02. The molecule has 35 heavy (non-hydrogen) atoms. The van der Waals surface area contributed by atoms with E-state index in [1.807, 2.05) is 24.3 Å². The number of fused-ring (bicyclic) bond motifs is 1. The summed E-state index contributed by atoms with van der Waals surface area (Å²) in [5.41, 5.74) is 2.57. The average Bonchev–Trinajstić information content (AvgIpc) is 2.91. The molecule has 1 aromatic heterocycles. The van der Waals surface area contributed by atoms with Crippen molar-refractivity contribution in [3.8, 4) is 28.4 Å². The quantitative estimate of drug-likeness (QED) is 0.325. The number of hydrogen-bond acceptors (Lipinski definition) is 7. The Kier molecular flexibility index (Phi) is 7.06. The predicted molar refractivity (Wildman–Crippen MR) is 132 cm³/mol. The SMILES string of the molecule is COC(=O)C[C@H](c1ccccc1OC)c1c(OC)ccc2c(=O)c(-c3ccc(OC)cc3)coc12. The Morgan fingerprint density at radius 2 is 1.57 bits per heavy atom. The van der Waals surface area contributed by atoms with Crippen LogP contribution in [-0.4, -0.2) is 34.4 Å². The van der Waals surface area contributed by atoms with E-state index in [0.717, 1.165) is 5.56 Å². The minimum atomic E-state index is -0.549. The summed E-state index contributed by atoms with van der Waals surface area (Å²) in [5.74, 6) is 0.799. The zero-order chi connectivity index (χ0) is 24.9. The van der Waals surface area contributed by atoms with Gasteiger partial charge in [0.25, 0.3) is 0 Å². The normalized spacial score (nSPS) is 11.7. The standard InChI is InChI=1S/C28H26O7/c1-31-18-11-9-17(10-12-18)22-16-35-28-20(27(22)30)13-14-24(33-3)26(28)21(15-25(29)34-4)19-7-5-6-8-23(19)32-2/h5-14,16,21H,15H2,1-4H3/t21-/m1/s1. The van der Waals surface area contributed by atoms with Crippen molar-refractivity contribution in [2.24, 2.45) is 0 Å². The summed E-state index contributed by atoms with van der Waals surface area (Å²) >= 11 is 0. The lowest BCUT2D eigenvalue weighted by Gasteiger charge is -2.22. The fraction of sp³-hybridized carbons (Fsp3) is 0.214. The maximum Gasteiger partial charge on any atom is 0.306 e. The Bertz CT molecular complexity index is 1400. The smallest absolute Gasteiger partial charge is 0.306 e. The molecule has 0 spiro atoms. The molecule has 0 unspecified atom stereocenters. The topological polar surface area (TPSA) is 84.2 Å². The molecule has 1 atom stereocenters. The summed E-state index contributed by atoms with van der Waals surface area (Å²) in [5, 5.41) is 0.374. The summed E-state index contributed by atoms with van der Waals surface area (Å²) in [6, 6.07) is 18.0. The summed E-state index contributed by atoms with van der Waals surface area (Å²) in [6.07, 6.45) is 1.43. The minimum absolute atomic E-state index is 0.00368. The molecule has 0 aliphatic heterocycles. The fourth-order valence-electron chi connectivity index (χ4n) is 4.25. The van der Waals surface area contributed by atoms with Crippen molar-refractivity contribution in [2.75, 3.05) is 28.4 Å². The van der Waals surface area contributed by atoms with Crippen molar-refractivity contribution in [3.05, 3.63) is 88.3 Å². The molecule has 0 fully saturated rings. The van der Waals surface area contributed by atoms with E-state index in [0.29, 0.717) is 44.9 Å². The first-order chi connectivity index (χ1) is 17.0. The molecular formula is C28H26O7. The van der Waals surface area contributed by atoms with E-state index < -0.39 is 11.9 Å². The van der Waals surface area contributed by atoms with Crippen molar-refractivity contribution in [1.29, 1.82) is 0 Å². The monoisotopic (exact) mass is 474 g/mol. The summed E-state index contributed by atoms with van der Waals surface area (Å²) in [6.45, 7) is 0. The Hall–Kier alpha value is -4.26. The average molecular weight is 475 g/mol. The Labute approximate surface area is 202 Å². The zero-order valence-electron chi connectivity index (χ0n) is 20.0. The fourth-order valence-corrected chi connectivity index (χ4v) is 4.25. The first-order valence-electron chi connectivity index (χ1n) is 11.0. The molecule has 1 heterocycles. The van der Waals surface area contributed by atoms with Gasteiger partial charge in [-0.25, -0.2) is 0 Å². The van der Waals surface area contributed by atoms with E-state index in [4.69, 9.17) is 23.4 Å². The largest absolute Gasteiger partial charge is 0.497 e. The van der Waals surface area contributed by atoms with E-state index in [2.05, 4.69) is 0 Å². The first kappa shape index (κ1) is 23.9. The van der Waals surface area contributed by atoms with Gasteiger partial charge < -0.3 is 23.4 Å². The molecule has 0 radical (unpaired) electrons. The Balaban J connectivity index is 1.97. The van der Waals surface area contributed by atoms with Crippen molar-refractivity contribution >= 4 is 16.9 Å². The minimum Gasteiger partial charge on any atom is -0.497 e. The second-order valence-electron chi connectivity index (χ2n) is 7.84. The lowest BCUT2D eigenvalue weighted by molar-refractivity contribution is -0.140. The van der Waals surface area contributed by atoms with Crippen LogP contribution in [0, 0.1) is 0 Å². The van der Waals surface area contributed by atoms with Gasteiger partial charge in [-0.05, 0) is 35.9 Å². The van der Waals surface area contributed by atoms with Gasteiger partial charge in [0.05, 0.1) is 45.8 Å². The van der Waals surface area contributed by atoms with Crippen molar-refractivity contribution < 1.29 is 28.2 Å². The molecule has 0 aliphatic carbocycles. The highest BCUT2D eigenvalue weighted by atomic mass is 16.5. The van der Waals surface area contributed by atoms with Gasteiger partial charge in [0.1, 0.15) is 29.1 Å². The van der Waals surface area contributed by atoms with Crippen LogP contribution in [0.3, 0.4) is 0 Å². The molecule has 0 aliphatic rings. The van der Waals surface area contributed by atoms with Crippen molar-refractivity contribution in [3.63, 3.8) is 0 Å². The highest BCUT2D eigenvalue weighted by Gasteiger charge is 2.29. The number of rotatable bonds is 8. The van der Waals surface area contributed by atoms with Gasteiger partial charge in [0, 0.05) is 17.0 Å². The van der Waals surface area contributed by atoms with E-state index in [-0.39, 0.29) is 11.8 Å². The zero-order valence-corrected chi connectivity index (χ0v) is 20.0. The molecule has 0 saturated carbocycles. The third-order valence-electron chi connectivity index (χ3n) is 6.02. The van der Waals surface area contributed by atoms with Crippen LogP contribution < -0.4 is 19.6 Å². The molecule has 0 amide bonds.